The first kappa shape index (κ1) is 19.8. The molecule has 3 aromatic carbocycles. The molecule has 0 atom stereocenters. The van der Waals surface area contributed by atoms with Gasteiger partial charge in [0.2, 0.25) is 0 Å². The second kappa shape index (κ2) is 9.27. The Balaban J connectivity index is 1.66. The molecule has 29 heavy (non-hydrogen) atoms. The number of rotatable bonds is 7. The lowest BCUT2D eigenvalue weighted by molar-refractivity contribution is 0.102. The Hall–Kier alpha value is -4.00. The van der Waals surface area contributed by atoms with Crippen molar-refractivity contribution < 1.29 is 19.1 Å². The first-order valence-electron chi connectivity index (χ1n) is 8.88. The molecule has 3 rings (SSSR count). The normalized spacial score (nSPS) is 10.1. The molecular weight excluding hydrogens is 370 g/mol. The van der Waals surface area contributed by atoms with Gasteiger partial charge in [-0.2, -0.15) is 0 Å². The van der Waals surface area contributed by atoms with Crippen molar-refractivity contribution in [2.75, 3.05) is 17.7 Å². The van der Waals surface area contributed by atoms with Crippen LogP contribution >= 0.6 is 0 Å². The summed E-state index contributed by atoms with van der Waals surface area (Å²) >= 11 is 0. The molecule has 0 spiro atoms. The molecule has 3 amide bonds. The molecule has 0 saturated heterocycles. The topological polar surface area (TPSA) is 103 Å². The van der Waals surface area contributed by atoms with Crippen LogP contribution in [0.3, 0.4) is 0 Å². The number of benzene rings is 3. The third-order valence-corrected chi connectivity index (χ3v) is 4.07. The van der Waals surface area contributed by atoms with Crippen LogP contribution < -0.4 is 25.8 Å². The van der Waals surface area contributed by atoms with Gasteiger partial charge in [-0.3, -0.25) is 4.79 Å². The standard InChI is InChI=1S/C22H21N3O4/c1-28-20-13-16(7-12-19(20)29-14-15-5-3-2-4-6-15)21(26)24-17-8-10-18(11-9-17)25-22(23)27/h2-13H,14H2,1H3,(H,24,26)(H3,23,25,27). The quantitative estimate of drug-likeness (QED) is 0.566. The number of amides is 3. The van der Waals surface area contributed by atoms with Crippen molar-refractivity contribution >= 4 is 23.3 Å². The van der Waals surface area contributed by atoms with Gasteiger partial charge in [-0.25, -0.2) is 4.79 Å². The highest BCUT2D eigenvalue weighted by atomic mass is 16.5. The van der Waals surface area contributed by atoms with Crippen LogP contribution in [0.5, 0.6) is 11.5 Å². The molecule has 7 nitrogen and oxygen atoms in total. The summed E-state index contributed by atoms with van der Waals surface area (Å²) in [5, 5.41) is 5.25. The van der Waals surface area contributed by atoms with Gasteiger partial charge in [-0.15, -0.1) is 0 Å². The fourth-order valence-corrected chi connectivity index (χ4v) is 2.65. The molecule has 0 radical (unpaired) electrons. The SMILES string of the molecule is COc1cc(C(=O)Nc2ccc(NC(N)=O)cc2)ccc1OCc1ccccc1. The van der Waals surface area contributed by atoms with E-state index in [0.29, 0.717) is 35.0 Å². The van der Waals surface area contributed by atoms with Crippen molar-refractivity contribution in [3.05, 3.63) is 83.9 Å². The number of carbonyl (C=O) groups is 2. The Morgan fingerprint density at radius 3 is 2.14 bits per heavy atom. The van der Waals surface area contributed by atoms with Gasteiger partial charge in [0.05, 0.1) is 7.11 Å². The maximum Gasteiger partial charge on any atom is 0.316 e. The van der Waals surface area contributed by atoms with Crippen molar-refractivity contribution in [1.82, 2.24) is 0 Å². The van der Waals surface area contributed by atoms with Gasteiger partial charge in [0.15, 0.2) is 11.5 Å². The number of ether oxygens (including phenoxy) is 2. The Morgan fingerprint density at radius 1 is 0.862 bits per heavy atom. The van der Waals surface area contributed by atoms with Gasteiger partial charge >= 0.3 is 6.03 Å². The number of primary amides is 1. The van der Waals surface area contributed by atoms with Crippen LogP contribution in [0.2, 0.25) is 0 Å². The maximum absolute atomic E-state index is 12.5. The average Bonchev–Trinajstić information content (AvgIpc) is 2.74. The van der Waals surface area contributed by atoms with E-state index in [-0.39, 0.29) is 5.91 Å². The summed E-state index contributed by atoms with van der Waals surface area (Å²) in [6.45, 7) is 0.397. The molecule has 0 aliphatic heterocycles. The number of anilines is 2. The van der Waals surface area contributed by atoms with Crippen molar-refractivity contribution in [2.45, 2.75) is 6.61 Å². The third kappa shape index (κ3) is 5.49. The smallest absolute Gasteiger partial charge is 0.316 e. The van der Waals surface area contributed by atoms with Crippen LogP contribution in [0.4, 0.5) is 16.2 Å². The highest BCUT2D eigenvalue weighted by Gasteiger charge is 2.12. The van der Waals surface area contributed by atoms with Crippen molar-refractivity contribution in [3.63, 3.8) is 0 Å². The Kier molecular flexibility index (Phi) is 6.32. The van der Waals surface area contributed by atoms with Gasteiger partial charge in [-0.1, -0.05) is 30.3 Å². The number of carbonyl (C=O) groups excluding carboxylic acids is 2. The van der Waals surface area contributed by atoms with Gasteiger partial charge < -0.3 is 25.8 Å². The Labute approximate surface area is 168 Å². The number of urea groups is 1. The van der Waals surface area contributed by atoms with E-state index in [1.54, 1.807) is 42.5 Å². The molecule has 0 aromatic heterocycles. The van der Waals surface area contributed by atoms with Crippen LogP contribution in [0, 0.1) is 0 Å². The molecule has 0 fully saturated rings. The third-order valence-electron chi connectivity index (χ3n) is 4.07. The monoisotopic (exact) mass is 391 g/mol. The number of hydrogen-bond donors (Lipinski definition) is 3. The van der Waals surface area contributed by atoms with E-state index < -0.39 is 6.03 Å². The first-order chi connectivity index (χ1) is 14.0. The minimum absolute atomic E-state index is 0.298. The number of hydrogen-bond acceptors (Lipinski definition) is 4. The second-order valence-electron chi connectivity index (χ2n) is 6.16. The van der Waals surface area contributed by atoms with Crippen LogP contribution in [0.15, 0.2) is 72.8 Å². The number of nitrogens with two attached hydrogens (primary N) is 1. The predicted octanol–water partition coefficient (Wildman–Crippen LogP) is 4.02. The van der Waals surface area contributed by atoms with Gasteiger partial charge in [0.25, 0.3) is 5.91 Å². The Morgan fingerprint density at radius 2 is 1.52 bits per heavy atom. The molecule has 0 saturated carbocycles. The van der Waals surface area contributed by atoms with Crippen LogP contribution in [0.1, 0.15) is 15.9 Å². The summed E-state index contributed by atoms with van der Waals surface area (Å²) in [7, 11) is 1.52. The van der Waals surface area contributed by atoms with Crippen LogP contribution in [0.25, 0.3) is 0 Å². The second-order valence-corrected chi connectivity index (χ2v) is 6.16. The lowest BCUT2D eigenvalue weighted by Gasteiger charge is -2.13. The zero-order chi connectivity index (χ0) is 20.6. The lowest BCUT2D eigenvalue weighted by atomic mass is 10.1. The van der Waals surface area contributed by atoms with E-state index in [1.165, 1.54) is 7.11 Å². The summed E-state index contributed by atoms with van der Waals surface area (Å²) in [5.41, 5.74) is 7.64. The summed E-state index contributed by atoms with van der Waals surface area (Å²) in [6, 6.07) is 20.7. The van der Waals surface area contributed by atoms with E-state index in [4.69, 9.17) is 15.2 Å². The molecule has 0 aliphatic carbocycles. The van der Waals surface area contributed by atoms with E-state index in [2.05, 4.69) is 10.6 Å². The molecule has 0 unspecified atom stereocenters. The molecule has 7 heteroatoms. The number of nitrogens with one attached hydrogen (secondary N) is 2. The molecule has 4 N–H and O–H groups in total. The molecular formula is C22H21N3O4. The van der Waals surface area contributed by atoms with Crippen molar-refractivity contribution in [2.24, 2.45) is 5.73 Å². The maximum atomic E-state index is 12.5. The van der Waals surface area contributed by atoms with Gasteiger partial charge in [0, 0.05) is 16.9 Å². The largest absolute Gasteiger partial charge is 0.493 e. The molecule has 148 valence electrons. The van der Waals surface area contributed by atoms with Gasteiger partial charge in [-0.05, 0) is 48.0 Å². The van der Waals surface area contributed by atoms with E-state index in [9.17, 15) is 9.59 Å². The van der Waals surface area contributed by atoms with Crippen LogP contribution in [-0.4, -0.2) is 19.0 Å². The predicted molar refractivity (Wildman–Crippen MR) is 111 cm³/mol. The van der Waals surface area contributed by atoms with E-state index in [1.807, 2.05) is 30.3 Å². The summed E-state index contributed by atoms with van der Waals surface area (Å²) in [5.74, 6) is 0.720. The molecule has 3 aromatic rings. The zero-order valence-electron chi connectivity index (χ0n) is 15.8. The zero-order valence-corrected chi connectivity index (χ0v) is 15.8. The number of methoxy groups -OCH3 is 1. The van der Waals surface area contributed by atoms with E-state index in [0.717, 1.165) is 5.56 Å². The van der Waals surface area contributed by atoms with Crippen molar-refractivity contribution in [1.29, 1.82) is 0 Å². The minimum atomic E-state index is -0.650. The van der Waals surface area contributed by atoms with E-state index >= 15 is 0 Å². The highest BCUT2D eigenvalue weighted by molar-refractivity contribution is 6.04. The minimum Gasteiger partial charge on any atom is -0.493 e. The highest BCUT2D eigenvalue weighted by Crippen LogP contribution is 2.29. The lowest BCUT2D eigenvalue weighted by Crippen LogP contribution is -2.19. The molecule has 0 bridgehead atoms. The fourth-order valence-electron chi connectivity index (χ4n) is 2.65. The summed E-state index contributed by atoms with van der Waals surface area (Å²) < 4.78 is 11.2. The Bertz CT molecular complexity index is 989. The van der Waals surface area contributed by atoms with Gasteiger partial charge in [0.1, 0.15) is 6.61 Å². The average molecular weight is 391 g/mol. The summed E-state index contributed by atoms with van der Waals surface area (Å²) in [4.78, 5) is 23.4. The molecule has 0 aliphatic rings. The van der Waals surface area contributed by atoms with Crippen LogP contribution in [-0.2, 0) is 6.61 Å². The van der Waals surface area contributed by atoms with Crippen molar-refractivity contribution in [3.8, 4) is 11.5 Å². The summed E-state index contributed by atoms with van der Waals surface area (Å²) in [6.07, 6.45) is 0. The fraction of sp³-hybridized carbons (Fsp3) is 0.0909. The first-order valence-corrected chi connectivity index (χ1v) is 8.88. The molecule has 0 heterocycles.